The maximum Gasteiger partial charge on any atom is 0.321 e. The van der Waals surface area contributed by atoms with Gasteiger partial charge in [0.25, 0.3) is 0 Å². The van der Waals surface area contributed by atoms with E-state index in [0.29, 0.717) is 12.5 Å². The molecule has 1 saturated heterocycles. The van der Waals surface area contributed by atoms with Crippen LogP contribution >= 0.6 is 24.0 Å². The van der Waals surface area contributed by atoms with E-state index in [-0.39, 0.29) is 36.0 Å². The van der Waals surface area contributed by atoms with E-state index in [9.17, 15) is 4.79 Å². The molecule has 6 nitrogen and oxygen atoms in total. The third-order valence-corrected chi connectivity index (χ3v) is 3.44. The Morgan fingerprint density at radius 3 is 2.70 bits per heavy atom. The van der Waals surface area contributed by atoms with Gasteiger partial charge in [-0.3, -0.25) is 0 Å². The van der Waals surface area contributed by atoms with Crippen LogP contribution in [-0.2, 0) is 6.54 Å². The van der Waals surface area contributed by atoms with Crippen LogP contribution in [0.25, 0.3) is 0 Å². The highest BCUT2D eigenvalue weighted by atomic mass is 127. The molecule has 1 heterocycles. The number of urea groups is 1. The van der Waals surface area contributed by atoms with Crippen molar-refractivity contribution in [1.29, 1.82) is 0 Å². The third-order valence-electron chi connectivity index (χ3n) is 3.44. The summed E-state index contributed by atoms with van der Waals surface area (Å²) in [5, 5.41) is 5.98. The van der Waals surface area contributed by atoms with Crippen molar-refractivity contribution in [1.82, 2.24) is 10.2 Å². The number of carbonyl (C=O) groups is 1. The molecule has 0 aliphatic carbocycles. The van der Waals surface area contributed by atoms with E-state index in [0.717, 1.165) is 37.2 Å². The number of likely N-dealkylation sites (tertiary alicyclic amines) is 1. The van der Waals surface area contributed by atoms with E-state index in [1.54, 1.807) is 0 Å². The Kier molecular flexibility index (Phi) is 8.15. The van der Waals surface area contributed by atoms with Crippen molar-refractivity contribution in [3.05, 3.63) is 29.8 Å². The smallest absolute Gasteiger partial charge is 0.321 e. The summed E-state index contributed by atoms with van der Waals surface area (Å²) in [5.74, 6) is 0.432. The van der Waals surface area contributed by atoms with Crippen molar-refractivity contribution in [3.63, 3.8) is 0 Å². The molecule has 0 radical (unpaired) electrons. The fraction of sp³-hybridized carbons (Fsp3) is 0.500. The van der Waals surface area contributed by atoms with Gasteiger partial charge in [-0.15, -0.1) is 24.0 Å². The van der Waals surface area contributed by atoms with Crippen LogP contribution in [0, 0.1) is 0 Å². The Hall–Kier alpha value is -1.51. The van der Waals surface area contributed by atoms with Gasteiger partial charge >= 0.3 is 6.03 Å². The Labute approximate surface area is 154 Å². The number of carbonyl (C=O) groups excluding carboxylic acids is 1. The van der Waals surface area contributed by atoms with Crippen LogP contribution in [0.5, 0.6) is 0 Å². The van der Waals surface area contributed by atoms with E-state index in [4.69, 9.17) is 5.73 Å². The molecule has 1 aliphatic heterocycles. The molecule has 23 heavy (non-hydrogen) atoms. The lowest BCUT2D eigenvalue weighted by molar-refractivity contribution is 0.222. The quantitative estimate of drug-likeness (QED) is 0.390. The van der Waals surface area contributed by atoms with Gasteiger partial charge in [-0.1, -0.05) is 12.1 Å². The molecule has 4 N–H and O–H groups in total. The molecule has 1 aromatic rings. The normalized spacial score (nSPS) is 14.6. The van der Waals surface area contributed by atoms with Crippen molar-refractivity contribution in [2.75, 3.05) is 18.4 Å². The highest BCUT2D eigenvalue weighted by Gasteiger charge is 2.17. The number of hydrogen-bond donors (Lipinski definition) is 3. The molecule has 2 amide bonds. The summed E-state index contributed by atoms with van der Waals surface area (Å²) in [6, 6.07) is 7.93. The summed E-state index contributed by atoms with van der Waals surface area (Å²) in [4.78, 5) is 18.2. The maximum atomic E-state index is 12.1. The van der Waals surface area contributed by atoms with E-state index in [1.165, 1.54) is 0 Å². The number of nitrogens with two attached hydrogens (primary N) is 1. The number of amides is 2. The zero-order valence-electron chi connectivity index (χ0n) is 13.7. The molecule has 0 unspecified atom stereocenters. The summed E-state index contributed by atoms with van der Waals surface area (Å²) >= 11 is 0. The molecule has 0 atom stereocenters. The first-order chi connectivity index (χ1) is 10.5. The summed E-state index contributed by atoms with van der Waals surface area (Å²) in [7, 11) is 0. The van der Waals surface area contributed by atoms with Gasteiger partial charge in [-0.25, -0.2) is 9.79 Å². The topological polar surface area (TPSA) is 82.7 Å². The van der Waals surface area contributed by atoms with Gasteiger partial charge in [0.05, 0.1) is 6.54 Å². The van der Waals surface area contributed by atoms with Crippen LogP contribution in [0.3, 0.4) is 0 Å². The van der Waals surface area contributed by atoms with Crippen molar-refractivity contribution < 1.29 is 4.79 Å². The second-order valence-electron chi connectivity index (χ2n) is 5.83. The minimum atomic E-state index is -0.0286. The SMILES string of the molecule is CC(C)NC(N)=NCc1cccc(NC(=O)N2CCCC2)c1.I. The first-order valence-corrected chi connectivity index (χ1v) is 7.76. The fourth-order valence-corrected chi connectivity index (χ4v) is 2.39. The van der Waals surface area contributed by atoms with Gasteiger partial charge < -0.3 is 21.3 Å². The predicted octanol–water partition coefficient (Wildman–Crippen LogP) is 2.75. The van der Waals surface area contributed by atoms with Crippen LogP contribution in [-0.4, -0.2) is 36.0 Å². The molecule has 0 aromatic heterocycles. The summed E-state index contributed by atoms with van der Waals surface area (Å²) in [6.45, 7) is 6.19. The van der Waals surface area contributed by atoms with Crippen LogP contribution in [0.2, 0.25) is 0 Å². The summed E-state index contributed by atoms with van der Waals surface area (Å²) in [6.07, 6.45) is 2.18. The molecule has 128 valence electrons. The van der Waals surface area contributed by atoms with Crippen molar-refractivity contribution in [2.24, 2.45) is 10.7 Å². The van der Waals surface area contributed by atoms with E-state index in [1.807, 2.05) is 43.0 Å². The van der Waals surface area contributed by atoms with Gasteiger partial charge in [-0.2, -0.15) is 0 Å². The zero-order valence-corrected chi connectivity index (χ0v) is 16.0. The number of nitrogens with one attached hydrogen (secondary N) is 2. The van der Waals surface area contributed by atoms with Crippen LogP contribution in [0.1, 0.15) is 32.3 Å². The van der Waals surface area contributed by atoms with E-state index in [2.05, 4.69) is 15.6 Å². The summed E-state index contributed by atoms with van der Waals surface area (Å²) in [5.41, 5.74) is 7.59. The number of benzene rings is 1. The Balaban J connectivity index is 0.00000264. The minimum absolute atomic E-state index is 0. The first kappa shape index (κ1) is 19.5. The molecular formula is C16H26IN5O. The molecule has 2 rings (SSSR count). The number of hydrogen-bond acceptors (Lipinski definition) is 2. The van der Waals surface area contributed by atoms with Gasteiger partial charge in [0.1, 0.15) is 0 Å². The lowest BCUT2D eigenvalue weighted by Gasteiger charge is -2.16. The second-order valence-corrected chi connectivity index (χ2v) is 5.83. The number of halogens is 1. The van der Waals surface area contributed by atoms with E-state index >= 15 is 0 Å². The summed E-state index contributed by atoms with van der Waals surface area (Å²) < 4.78 is 0. The lowest BCUT2D eigenvalue weighted by Crippen LogP contribution is -2.36. The average molecular weight is 431 g/mol. The number of nitrogens with zero attached hydrogens (tertiary/aromatic N) is 2. The zero-order chi connectivity index (χ0) is 15.9. The number of anilines is 1. The highest BCUT2D eigenvalue weighted by Crippen LogP contribution is 2.14. The Morgan fingerprint density at radius 2 is 2.04 bits per heavy atom. The van der Waals surface area contributed by atoms with Crippen LogP contribution in [0.4, 0.5) is 10.5 Å². The molecule has 0 saturated carbocycles. The largest absolute Gasteiger partial charge is 0.370 e. The van der Waals surface area contributed by atoms with Crippen molar-refractivity contribution >= 4 is 41.7 Å². The molecule has 0 spiro atoms. The molecule has 0 bridgehead atoms. The number of aliphatic imine (C=N–C) groups is 1. The lowest BCUT2D eigenvalue weighted by atomic mass is 10.2. The van der Waals surface area contributed by atoms with Gasteiger partial charge in [0.2, 0.25) is 0 Å². The van der Waals surface area contributed by atoms with Gasteiger partial charge in [0, 0.05) is 24.8 Å². The van der Waals surface area contributed by atoms with Crippen molar-refractivity contribution in [3.8, 4) is 0 Å². The first-order valence-electron chi connectivity index (χ1n) is 7.76. The predicted molar refractivity (Wildman–Crippen MR) is 105 cm³/mol. The monoisotopic (exact) mass is 431 g/mol. The van der Waals surface area contributed by atoms with Crippen molar-refractivity contribution in [2.45, 2.75) is 39.3 Å². The fourth-order valence-electron chi connectivity index (χ4n) is 2.39. The average Bonchev–Trinajstić information content (AvgIpc) is 2.99. The standard InChI is InChI=1S/C16H25N5O.HI/c1-12(2)19-15(17)18-11-13-6-5-7-14(10-13)20-16(22)21-8-3-4-9-21;/h5-7,10,12H,3-4,8-9,11H2,1-2H3,(H,20,22)(H3,17,18,19);1H. The molecular weight excluding hydrogens is 405 g/mol. The Morgan fingerprint density at radius 1 is 1.35 bits per heavy atom. The minimum Gasteiger partial charge on any atom is -0.370 e. The second kappa shape index (κ2) is 9.59. The van der Waals surface area contributed by atoms with E-state index < -0.39 is 0 Å². The molecule has 1 aliphatic rings. The molecule has 1 aromatic carbocycles. The number of guanidine groups is 1. The number of rotatable bonds is 4. The molecule has 7 heteroatoms. The van der Waals surface area contributed by atoms with Gasteiger partial charge in [0.15, 0.2) is 5.96 Å². The van der Waals surface area contributed by atoms with Gasteiger partial charge in [-0.05, 0) is 44.4 Å². The van der Waals surface area contributed by atoms with Crippen LogP contribution in [0.15, 0.2) is 29.3 Å². The Bertz CT molecular complexity index is 541. The highest BCUT2D eigenvalue weighted by molar-refractivity contribution is 14.0. The maximum absolute atomic E-state index is 12.1. The molecule has 1 fully saturated rings. The van der Waals surface area contributed by atoms with Crippen LogP contribution < -0.4 is 16.4 Å². The third kappa shape index (κ3) is 6.64.